The highest BCUT2D eigenvalue weighted by molar-refractivity contribution is 6.36. The first-order valence-electron chi connectivity index (χ1n) is 2.93. The van der Waals surface area contributed by atoms with Crippen molar-refractivity contribution in [1.29, 1.82) is 0 Å². The fourth-order valence-electron chi connectivity index (χ4n) is 0.660. The maximum Gasteiger partial charge on any atom is 0.169 e. The predicted octanol–water partition coefficient (Wildman–Crippen LogP) is 2.51. The Morgan fingerprint density at radius 2 is 2.09 bits per heavy atom. The quantitative estimate of drug-likeness (QED) is 0.636. The Morgan fingerprint density at radius 1 is 1.45 bits per heavy atom. The standard InChI is InChI=1S/C7H5Cl2NO/c1-4-5(8)2-6(9)7(3-11)10-4/h2-3H,1H3. The van der Waals surface area contributed by atoms with E-state index in [9.17, 15) is 4.79 Å². The Labute approximate surface area is 74.1 Å². The van der Waals surface area contributed by atoms with Gasteiger partial charge in [-0.05, 0) is 13.0 Å². The molecule has 0 radical (unpaired) electrons. The molecular formula is C7H5Cl2NO. The molecule has 0 aromatic carbocycles. The first kappa shape index (κ1) is 8.50. The molecule has 0 aliphatic heterocycles. The van der Waals surface area contributed by atoms with Crippen LogP contribution in [-0.2, 0) is 0 Å². The van der Waals surface area contributed by atoms with Gasteiger partial charge in [-0.15, -0.1) is 0 Å². The molecule has 0 atom stereocenters. The summed E-state index contributed by atoms with van der Waals surface area (Å²) >= 11 is 11.3. The van der Waals surface area contributed by atoms with Gasteiger partial charge in [-0.3, -0.25) is 4.79 Å². The molecule has 0 fully saturated rings. The summed E-state index contributed by atoms with van der Waals surface area (Å²) in [5.41, 5.74) is 0.840. The lowest BCUT2D eigenvalue weighted by Crippen LogP contribution is -1.91. The van der Waals surface area contributed by atoms with Gasteiger partial charge in [0.05, 0.1) is 15.7 Å². The highest BCUT2D eigenvalue weighted by Gasteiger charge is 2.04. The summed E-state index contributed by atoms with van der Waals surface area (Å²) in [6.45, 7) is 1.71. The first-order valence-corrected chi connectivity index (χ1v) is 3.68. The number of rotatable bonds is 1. The molecule has 1 rings (SSSR count). The highest BCUT2D eigenvalue weighted by Crippen LogP contribution is 2.20. The number of pyridine rings is 1. The van der Waals surface area contributed by atoms with E-state index in [1.165, 1.54) is 6.07 Å². The van der Waals surface area contributed by atoms with Gasteiger partial charge in [0, 0.05) is 0 Å². The lowest BCUT2D eigenvalue weighted by molar-refractivity contribution is 0.111. The minimum absolute atomic E-state index is 0.230. The van der Waals surface area contributed by atoms with E-state index in [0.29, 0.717) is 17.0 Å². The summed E-state index contributed by atoms with van der Waals surface area (Å²) in [6.07, 6.45) is 0.603. The van der Waals surface area contributed by atoms with Crippen molar-refractivity contribution >= 4 is 29.5 Å². The van der Waals surface area contributed by atoms with E-state index in [2.05, 4.69) is 4.98 Å². The van der Waals surface area contributed by atoms with E-state index in [1.807, 2.05) is 0 Å². The minimum Gasteiger partial charge on any atom is -0.296 e. The van der Waals surface area contributed by atoms with E-state index in [-0.39, 0.29) is 10.7 Å². The number of aryl methyl sites for hydroxylation is 1. The van der Waals surface area contributed by atoms with Gasteiger partial charge in [-0.2, -0.15) is 0 Å². The molecule has 0 saturated heterocycles. The average Bonchev–Trinajstić information content (AvgIpc) is 1.97. The van der Waals surface area contributed by atoms with Crippen LogP contribution in [0.25, 0.3) is 0 Å². The second-order valence-corrected chi connectivity index (χ2v) is 2.85. The molecule has 0 amide bonds. The summed E-state index contributed by atoms with van der Waals surface area (Å²) in [7, 11) is 0. The lowest BCUT2D eigenvalue weighted by Gasteiger charge is -1.98. The number of hydrogen-bond acceptors (Lipinski definition) is 2. The van der Waals surface area contributed by atoms with Crippen LogP contribution in [0.2, 0.25) is 10.0 Å². The molecule has 0 unspecified atom stereocenters. The van der Waals surface area contributed by atoms with E-state index in [4.69, 9.17) is 23.2 Å². The Kier molecular flexibility index (Phi) is 2.47. The molecule has 1 heterocycles. The van der Waals surface area contributed by atoms with Crippen molar-refractivity contribution in [3.63, 3.8) is 0 Å². The van der Waals surface area contributed by atoms with E-state index in [1.54, 1.807) is 6.92 Å². The van der Waals surface area contributed by atoms with Crippen molar-refractivity contribution in [3.05, 3.63) is 27.5 Å². The number of hydrogen-bond donors (Lipinski definition) is 0. The van der Waals surface area contributed by atoms with Gasteiger partial charge in [0.2, 0.25) is 0 Å². The topological polar surface area (TPSA) is 30.0 Å². The molecule has 0 spiro atoms. The zero-order valence-electron chi connectivity index (χ0n) is 5.77. The van der Waals surface area contributed by atoms with Crippen LogP contribution in [0, 0.1) is 6.92 Å². The normalized spacial score (nSPS) is 9.73. The lowest BCUT2D eigenvalue weighted by atomic mass is 10.3. The molecule has 1 aromatic rings. The van der Waals surface area contributed by atoms with Crippen LogP contribution in [0.3, 0.4) is 0 Å². The van der Waals surface area contributed by atoms with Gasteiger partial charge in [0.15, 0.2) is 6.29 Å². The smallest absolute Gasteiger partial charge is 0.169 e. The predicted molar refractivity (Wildman–Crippen MR) is 44.4 cm³/mol. The summed E-state index contributed by atoms with van der Waals surface area (Å²) in [6, 6.07) is 1.51. The van der Waals surface area contributed by atoms with Crippen LogP contribution in [0.15, 0.2) is 6.07 Å². The summed E-state index contributed by atoms with van der Waals surface area (Å²) < 4.78 is 0. The van der Waals surface area contributed by atoms with Crippen LogP contribution in [-0.4, -0.2) is 11.3 Å². The number of carbonyl (C=O) groups excluding carboxylic acids is 1. The number of nitrogens with zero attached hydrogens (tertiary/aromatic N) is 1. The van der Waals surface area contributed by atoms with Crippen LogP contribution in [0.5, 0.6) is 0 Å². The van der Waals surface area contributed by atoms with Crippen molar-refractivity contribution in [2.75, 3.05) is 0 Å². The number of halogens is 2. The molecule has 11 heavy (non-hydrogen) atoms. The van der Waals surface area contributed by atoms with Crippen molar-refractivity contribution in [3.8, 4) is 0 Å². The van der Waals surface area contributed by atoms with E-state index < -0.39 is 0 Å². The number of aldehydes is 1. The van der Waals surface area contributed by atoms with Gasteiger partial charge >= 0.3 is 0 Å². The second-order valence-electron chi connectivity index (χ2n) is 2.04. The van der Waals surface area contributed by atoms with Crippen LogP contribution in [0.4, 0.5) is 0 Å². The van der Waals surface area contributed by atoms with Crippen molar-refractivity contribution in [1.82, 2.24) is 4.98 Å². The van der Waals surface area contributed by atoms with Crippen LogP contribution in [0.1, 0.15) is 16.2 Å². The maximum absolute atomic E-state index is 10.3. The summed E-state index contributed by atoms with van der Waals surface area (Å²) in [5.74, 6) is 0. The molecule has 0 bridgehead atoms. The molecule has 0 aliphatic carbocycles. The Bertz CT molecular complexity index is 299. The molecular weight excluding hydrogens is 185 g/mol. The van der Waals surface area contributed by atoms with Gasteiger partial charge in [-0.1, -0.05) is 23.2 Å². The molecule has 4 heteroatoms. The Balaban J connectivity index is 3.31. The molecule has 0 N–H and O–H groups in total. The third kappa shape index (κ3) is 1.70. The third-order valence-electron chi connectivity index (χ3n) is 1.24. The van der Waals surface area contributed by atoms with Crippen molar-refractivity contribution < 1.29 is 4.79 Å². The van der Waals surface area contributed by atoms with Gasteiger partial charge in [-0.25, -0.2) is 4.98 Å². The van der Waals surface area contributed by atoms with Gasteiger partial charge < -0.3 is 0 Å². The fourth-order valence-corrected chi connectivity index (χ4v) is 1.06. The maximum atomic E-state index is 10.3. The average molecular weight is 190 g/mol. The Morgan fingerprint density at radius 3 is 2.64 bits per heavy atom. The van der Waals surface area contributed by atoms with Crippen LogP contribution >= 0.6 is 23.2 Å². The first-order chi connectivity index (χ1) is 5.15. The fraction of sp³-hybridized carbons (Fsp3) is 0.143. The zero-order chi connectivity index (χ0) is 8.43. The summed E-state index contributed by atoms with van der Waals surface area (Å²) in [5, 5.41) is 0.760. The highest BCUT2D eigenvalue weighted by atomic mass is 35.5. The van der Waals surface area contributed by atoms with Crippen molar-refractivity contribution in [2.24, 2.45) is 0 Å². The molecule has 2 nitrogen and oxygen atoms in total. The van der Waals surface area contributed by atoms with Gasteiger partial charge in [0.1, 0.15) is 5.69 Å². The third-order valence-corrected chi connectivity index (χ3v) is 1.93. The monoisotopic (exact) mass is 189 g/mol. The molecule has 0 aliphatic rings. The molecule has 58 valence electrons. The van der Waals surface area contributed by atoms with E-state index >= 15 is 0 Å². The molecule has 0 saturated carbocycles. The van der Waals surface area contributed by atoms with Crippen molar-refractivity contribution in [2.45, 2.75) is 6.92 Å². The van der Waals surface area contributed by atoms with Gasteiger partial charge in [0.25, 0.3) is 0 Å². The zero-order valence-corrected chi connectivity index (χ0v) is 7.28. The van der Waals surface area contributed by atoms with Crippen LogP contribution < -0.4 is 0 Å². The molecule has 1 aromatic heterocycles. The minimum atomic E-state index is 0.230. The summed E-state index contributed by atoms with van der Waals surface area (Å²) in [4.78, 5) is 14.2. The second kappa shape index (κ2) is 3.20. The Hall–Kier alpha value is -0.600. The number of carbonyl (C=O) groups is 1. The SMILES string of the molecule is Cc1nc(C=O)c(Cl)cc1Cl. The van der Waals surface area contributed by atoms with E-state index in [0.717, 1.165) is 0 Å². The largest absolute Gasteiger partial charge is 0.296 e. The number of aromatic nitrogens is 1.